The Morgan fingerprint density at radius 1 is 1.14 bits per heavy atom. The lowest BCUT2D eigenvalue weighted by molar-refractivity contribution is 0.112. The van der Waals surface area contributed by atoms with Crippen molar-refractivity contribution in [2.75, 3.05) is 13.2 Å². The van der Waals surface area contributed by atoms with Gasteiger partial charge in [-0.25, -0.2) is 0 Å². The Balaban J connectivity index is 1.75. The summed E-state index contributed by atoms with van der Waals surface area (Å²) in [6.45, 7) is 2.40. The van der Waals surface area contributed by atoms with E-state index in [9.17, 15) is 5.11 Å². The van der Waals surface area contributed by atoms with Crippen LogP contribution in [0.2, 0.25) is 0 Å². The van der Waals surface area contributed by atoms with Crippen LogP contribution in [0.4, 0.5) is 0 Å². The fourth-order valence-electron chi connectivity index (χ4n) is 3.36. The maximum Gasteiger partial charge on any atom is 0.0445 e. The number of aliphatic hydroxyl groups is 1. The molecule has 1 N–H and O–H groups in total. The first-order valence-corrected chi connectivity index (χ1v) is 8.21. The van der Waals surface area contributed by atoms with Crippen LogP contribution in [0.25, 0.3) is 11.1 Å². The van der Waals surface area contributed by atoms with Gasteiger partial charge in [0.1, 0.15) is 0 Å². The van der Waals surface area contributed by atoms with E-state index in [1.807, 2.05) is 12.3 Å². The summed E-state index contributed by atoms with van der Waals surface area (Å²) in [5.41, 5.74) is 3.72. The minimum Gasteiger partial charge on any atom is -0.396 e. The highest BCUT2D eigenvalue weighted by molar-refractivity contribution is 5.62. The molecule has 1 aromatic heterocycles. The molecule has 1 atom stereocenters. The van der Waals surface area contributed by atoms with Crippen LogP contribution in [-0.2, 0) is 6.54 Å². The van der Waals surface area contributed by atoms with Crippen molar-refractivity contribution in [3.63, 3.8) is 0 Å². The van der Waals surface area contributed by atoms with Gasteiger partial charge in [-0.05, 0) is 54.6 Å². The molecule has 1 fully saturated rings. The van der Waals surface area contributed by atoms with Gasteiger partial charge in [-0.3, -0.25) is 9.88 Å². The third kappa shape index (κ3) is 3.73. The van der Waals surface area contributed by atoms with Crippen molar-refractivity contribution >= 4 is 0 Å². The van der Waals surface area contributed by atoms with E-state index in [-0.39, 0.29) is 6.61 Å². The first-order chi connectivity index (χ1) is 10.9. The molecule has 2 aromatic rings. The zero-order chi connectivity index (χ0) is 15.2. The predicted molar refractivity (Wildman–Crippen MR) is 89.4 cm³/mol. The molecule has 3 heteroatoms. The summed E-state index contributed by atoms with van der Waals surface area (Å²) in [6.07, 6.45) is 8.38. The number of benzene rings is 1. The molecule has 1 aliphatic heterocycles. The zero-order valence-corrected chi connectivity index (χ0v) is 13.0. The molecular weight excluding hydrogens is 272 g/mol. The maximum atomic E-state index is 9.26. The molecular formula is C19H24N2O. The zero-order valence-electron chi connectivity index (χ0n) is 13.0. The Kier molecular flexibility index (Phi) is 5.20. The van der Waals surface area contributed by atoms with E-state index in [1.54, 1.807) is 6.20 Å². The Hall–Kier alpha value is -1.71. The lowest BCUT2D eigenvalue weighted by Gasteiger charge is -2.35. The number of hydrogen-bond acceptors (Lipinski definition) is 3. The molecule has 116 valence electrons. The summed E-state index contributed by atoms with van der Waals surface area (Å²) < 4.78 is 0. The Labute approximate surface area is 132 Å². The number of hydrogen-bond donors (Lipinski definition) is 1. The monoisotopic (exact) mass is 296 g/mol. The van der Waals surface area contributed by atoms with E-state index in [4.69, 9.17) is 0 Å². The second-order valence-electron chi connectivity index (χ2n) is 6.07. The fraction of sp³-hybridized carbons (Fsp3) is 0.421. The van der Waals surface area contributed by atoms with Gasteiger partial charge in [-0.1, -0.05) is 30.7 Å². The molecule has 3 nitrogen and oxygen atoms in total. The van der Waals surface area contributed by atoms with Crippen molar-refractivity contribution < 1.29 is 5.11 Å². The molecule has 22 heavy (non-hydrogen) atoms. The summed E-state index contributed by atoms with van der Waals surface area (Å²) in [6, 6.07) is 13.3. The van der Waals surface area contributed by atoms with E-state index < -0.39 is 0 Å². The Morgan fingerprint density at radius 2 is 2.05 bits per heavy atom. The third-order valence-corrected chi connectivity index (χ3v) is 4.52. The van der Waals surface area contributed by atoms with Gasteiger partial charge >= 0.3 is 0 Å². The Morgan fingerprint density at radius 3 is 2.86 bits per heavy atom. The quantitative estimate of drug-likeness (QED) is 0.917. The molecule has 1 aliphatic rings. The predicted octanol–water partition coefficient (Wildman–Crippen LogP) is 3.49. The van der Waals surface area contributed by atoms with Crippen LogP contribution in [-0.4, -0.2) is 34.2 Å². The lowest BCUT2D eigenvalue weighted by atomic mass is 9.98. The minimum absolute atomic E-state index is 0.289. The molecule has 0 amide bonds. The summed E-state index contributed by atoms with van der Waals surface area (Å²) in [5, 5.41) is 9.26. The molecule has 0 spiro atoms. The molecule has 1 aromatic carbocycles. The average molecular weight is 296 g/mol. The van der Waals surface area contributed by atoms with Crippen LogP contribution < -0.4 is 0 Å². The highest BCUT2D eigenvalue weighted by Gasteiger charge is 2.21. The number of rotatable bonds is 5. The van der Waals surface area contributed by atoms with E-state index in [0.29, 0.717) is 6.04 Å². The Bertz CT molecular complexity index is 583. The number of pyridine rings is 1. The van der Waals surface area contributed by atoms with E-state index in [1.165, 1.54) is 30.4 Å². The van der Waals surface area contributed by atoms with Crippen LogP contribution in [0.3, 0.4) is 0 Å². The van der Waals surface area contributed by atoms with Gasteiger partial charge in [0.2, 0.25) is 0 Å². The fourth-order valence-corrected chi connectivity index (χ4v) is 3.36. The van der Waals surface area contributed by atoms with E-state index in [0.717, 1.165) is 25.1 Å². The van der Waals surface area contributed by atoms with E-state index >= 15 is 0 Å². The summed E-state index contributed by atoms with van der Waals surface area (Å²) >= 11 is 0. The summed E-state index contributed by atoms with van der Waals surface area (Å²) in [4.78, 5) is 6.73. The molecule has 1 unspecified atom stereocenters. The molecule has 0 bridgehead atoms. The van der Waals surface area contributed by atoms with Crippen molar-refractivity contribution in [2.24, 2.45) is 0 Å². The molecule has 0 aliphatic carbocycles. The van der Waals surface area contributed by atoms with Gasteiger partial charge in [-0.15, -0.1) is 0 Å². The van der Waals surface area contributed by atoms with Crippen LogP contribution in [0.5, 0.6) is 0 Å². The highest BCUT2D eigenvalue weighted by Crippen LogP contribution is 2.24. The van der Waals surface area contributed by atoms with Crippen LogP contribution >= 0.6 is 0 Å². The third-order valence-electron chi connectivity index (χ3n) is 4.52. The van der Waals surface area contributed by atoms with Crippen molar-refractivity contribution in [3.05, 3.63) is 54.4 Å². The number of aromatic nitrogens is 1. The second-order valence-corrected chi connectivity index (χ2v) is 6.07. The maximum absolute atomic E-state index is 9.26. The largest absolute Gasteiger partial charge is 0.396 e. The standard InChI is InChI=1S/C19H24N2O/c22-12-9-19-8-1-2-11-21(19)15-16-5-3-6-17(13-16)18-7-4-10-20-14-18/h3-7,10,13-14,19,22H,1-2,8-9,11-12,15H2. The second kappa shape index (κ2) is 7.52. The van der Waals surface area contributed by atoms with Crippen LogP contribution in [0, 0.1) is 0 Å². The summed E-state index contributed by atoms with van der Waals surface area (Å²) in [5.74, 6) is 0. The number of aliphatic hydroxyl groups excluding tert-OH is 1. The SMILES string of the molecule is OCCC1CCCCN1Cc1cccc(-c2cccnc2)c1. The van der Waals surface area contributed by atoms with Gasteiger partial charge < -0.3 is 5.11 Å². The number of nitrogens with zero attached hydrogens (tertiary/aromatic N) is 2. The van der Waals surface area contributed by atoms with Gasteiger partial charge in [0, 0.05) is 31.6 Å². The molecule has 2 heterocycles. The average Bonchev–Trinajstić information content (AvgIpc) is 2.58. The first-order valence-electron chi connectivity index (χ1n) is 8.21. The topological polar surface area (TPSA) is 36.4 Å². The number of likely N-dealkylation sites (tertiary alicyclic amines) is 1. The molecule has 0 saturated carbocycles. The number of piperidine rings is 1. The van der Waals surface area contributed by atoms with Crippen molar-refractivity contribution in [3.8, 4) is 11.1 Å². The van der Waals surface area contributed by atoms with Crippen molar-refractivity contribution in [1.29, 1.82) is 0 Å². The summed E-state index contributed by atoms with van der Waals surface area (Å²) in [7, 11) is 0. The lowest BCUT2D eigenvalue weighted by Crippen LogP contribution is -2.39. The van der Waals surface area contributed by atoms with Crippen molar-refractivity contribution in [2.45, 2.75) is 38.3 Å². The molecule has 1 saturated heterocycles. The van der Waals surface area contributed by atoms with Crippen molar-refractivity contribution in [1.82, 2.24) is 9.88 Å². The van der Waals surface area contributed by atoms with Gasteiger partial charge in [-0.2, -0.15) is 0 Å². The normalized spacial score (nSPS) is 19.2. The van der Waals surface area contributed by atoms with Crippen LogP contribution in [0.15, 0.2) is 48.8 Å². The first kappa shape index (κ1) is 15.2. The molecule has 3 rings (SSSR count). The highest BCUT2D eigenvalue weighted by atomic mass is 16.3. The smallest absolute Gasteiger partial charge is 0.0445 e. The van der Waals surface area contributed by atoms with E-state index in [2.05, 4.69) is 40.2 Å². The van der Waals surface area contributed by atoms with Gasteiger partial charge in [0.05, 0.1) is 0 Å². The molecule has 0 radical (unpaired) electrons. The van der Waals surface area contributed by atoms with Gasteiger partial charge in [0.15, 0.2) is 0 Å². The minimum atomic E-state index is 0.289. The van der Waals surface area contributed by atoms with Crippen LogP contribution in [0.1, 0.15) is 31.2 Å². The van der Waals surface area contributed by atoms with Gasteiger partial charge in [0.25, 0.3) is 0 Å².